The average Bonchev–Trinajstić information content (AvgIpc) is 3.03. The van der Waals surface area contributed by atoms with Crippen molar-refractivity contribution in [3.63, 3.8) is 0 Å². The van der Waals surface area contributed by atoms with E-state index < -0.39 is 0 Å². The van der Waals surface area contributed by atoms with Crippen molar-refractivity contribution in [2.75, 3.05) is 39.9 Å². The zero-order valence-electron chi connectivity index (χ0n) is 12.6. The lowest BCUT2D eigenvalue weighted by Crippen LogP contribution is -2.40. The second kappa shape index (κ2) is 11.1. The largest absolute Gasteiger partial charge is 0.380 e. The first-order chi connectivity index (χ1) is 10.3. The van der Waals surface area contributed by atoms with Gasteiger partial charge in [-0.2, -0.15) is 0 Å². The van der Waals surface area contributed by atoms with Gasteiger partial charge in [-0.1, -0.05) is 6.07 Å². The molecule has 0 aliphatic carbocycles. The molecule has 0 saturated carbocycles. The van der Waals surface area contributed by atoms with Crippen LogP contribution in [0.25, 0.3) is 0 Å². The average molecular weight is 312 g/mol. The van der Waals surface area contributed by atoms with Crippen molar-refractivity contribution in [1.82, 2.24) is 16.0 Å². The maximum Gasteiger partial charge on any atom is 0.261 e. The van der Waals surface area contributed by atoms with Crippen molar-refractivity contribution in [2.45, 2.75) is 13.3 Å². The Kier molecular flexibility index (Phi) is 9.23. The number of hydrogen-bond donors (Lipinski definition) is 3. The van der Waals surface area contributed by atoms with Crippen LogP contribution >= 0.6 is 11.3 Å². The molecule has 7 heteroatoms. The molecular weight excluding hydrogens is 288 g/mol. The van der Waals surface area contributed by atoms with E-state index in [-0.39, 0.29) is 5.91 Å². The minimum Gasteiger partial charge on any atom is -0.380 e. The van der Waals surface area contributed by atoms with Crippen LogP contribution in [0.3, 0.4) is 0 Å². The summed E-state index contributed by atoms with van der Waals surface area (Å²) in [5.41, 5.74) is 0. The zero-order valence-corrected chi connectivity index (χ0v) is 13.5. The highest BCUT2D eigenvalue weighted by molar-refractivity contribution is 7.12. The molecule has 1 amide bonds. The molecule has 0 unspecified atom stereocenters. The van der Waals surface area contributed by atoms with Crippen molar-refractivity contribution < 1.29 is 9.53 Å². The number of ether oxygens (including phenoxy) is 1. The Labute approximate surface area is 130 Å². The van der Waals surface area contributed by atoms with Crippen LogP contribution in [0.5, 0.6) is 0 Å². The molecule has 0 aromatic carbocycles. The molecule has 0 aliphatic heterocycles. The van der Waals surface area contributed by atoms with E-state index in [0.717, 1.165) is 37.0 Å². The van der Waals surface area contributed by atoms with E-state index in [2.05, 4.69) is 20.9 Å². The Morgan fingerprint density at radius 3 is 2.71 bits per heavy atom. The van der Waals surface area contributed by atoms with Gasteiger partial charge in [0, 0.05) is 33.3 Å². The number of carbonyl (C=O) groups excluding carboxylic acids is 1. The number of carbonyl (C=O) groups is 1. The standard InChI is InChI=1S/C14H24N4O2S/c1-3-20-10-9-18-14(15-2)17-8-5-7-16-13(19)12-6-4-11-21-12/h4,6,11H,3,5,7-10H2,1-2H3,(H,16,19)(H2,15,17,18). The maximum absolute atomic E-state index is 11.7. The summed E-state index contributed by atoms with van der Waals surface area (Å²) in [7, 11) is 1.73. The Bertz CT molecular complexity index is 421. The molecule has 0 aliphatic rings. The van der Waals surface area contributed by atoms with E-state index in [1.807, 2.05) is 24.4 Å². The van der Waals surface area contributed by atoms with Crippen molar-refractivity contribution in [3.8, 4) is 0 Å². The Morgan fingerprint density at radius 2 is 2.05 bits per heavy atom. The molecule has 1 aromatic rings. The van der Waals surface area contributed by atoms with Crippen LogP contribution in [0.15, 0.2) is 22.5 Å². The van der Waals surface area contributed by atoms with Crippen LogP contribution in [-0.4, -0.2) is 51.8 Å². The lowest BCUT2D eigenvalue weighted by Gasteiger charge is -2.11. The number of amides is 1. The number of guanidine groups is 1. The van der Waals surface area contributed by atoms with E-state index in [9.17, 15) is 4.79 Å². The lowest BCUT2D eigenvalue weighted by atomic mass is 10.4. The van der Waals surface area contributed by atoms with E-state index >= 15 is 0 Å². The van der Waals surface area contributed by atoms with Gasteiger partial charge in [0.15, 0.2) is 5.96 Å². The minimum atomic E-state index is -0.00998. The highest BCUT2D eigenvalue weighted by Gasteiger charge is 2.04. The first-order valence-corrected chi connectivity index (χ1v) is 7.99. The highest BCUT2D eigenvalue weighted by atomic mass is 32.1. The van der Waals surface area contributed by atoms with Crippen molar-refractivity contribution in [1.29, 1.82) is 0 Å². The van der Waals surface area contributed by atoms with Gasteiger partial charge < -0.3 is 20.7 Å². The molecule has 0 atom stereocenters. The van der Waals surface area contributed by atoms with Crippen molar-refractivity contribution in [3.05, 3.63) is 22.4 Å². The van der Waals surface area contributed by atoms with Gasteiger partial charge in [-0.25, -0.2) is 0 Å². The molecule has 3 N–H and O–H groups in total. The fraction of sp³-hybridized carbons (Fsp3) is 0.571. The second-order valence-electron chi connectivity index (χ2n) is 4.21. The molecule has 0 radical (unpaired) electrons. The van der Waals surface area contributed by atoms with Gasteiger partial charge in [0.2, 0.25) is 0 Å². The second-order valence-corrected chi connectivity index (χ2v) is 5.16. The maximum atomic E-state index is 11.7. The normalized spacial score (nSPS) is 11.2. The number of nitrogens with one attached hydrogen (secondary N) is 3. The van der Waals surface area contributed by atoms with Gasteiger partial charge in [-0.05, 0) is 24.8 Å². The quantitative estimate of drug-likeness (QED) is 0.362. The monoisotopic (exact) mass is 312 g/mol. The summed E-state index contributed by atoms with van der Waals surface area (Å²) in [4.78, 5) is 16.5. The van der Waals surface area contributed by atoms with Crippen LogP contribution < -0.4 is 16.0 Å². The lowest BCUT2D eigenvalue weighted by molar-refractivity contribution is 0.0957. The van der Waals surface area contributed by atoms with Gasteiger partial charge in [0.05, 0.1) is 11.5 Å². The van der Waals surface area contributed by atoms with Gasteiger partial charge in [0.25, 0.3) is 5.91 Å². The number of rotatable bonds is 9. The van der Waals surface area contributed by atoms with E-state index in [0.29, 0.717) is 13.2 Å². The molecule has 21 heavy (non-hydrogen) atoms. The van der Waals surface area contributed by atoms with Gasteiger partial charge >= 0.3 is 0 Å². The van der Waals surface area contributed by atoms with Gasteiger partial charge in [0.1, 0.15) is 0 Å². The van der Waals surface area contributed by atoms with Gasteiger partial charge in [-0.15, -0.1) is 11.3 Å². The van der Waals surface area contributed by atoms with Crippen LogP contribution in [0.2, 0.25) is 0 Å². The van der Waals surface area contributed by atoms with E-state index in [1.165, 1.54) is 11.3 Å². The summed E-state index contributed by atoms with van der Waals surface area (Å²) < 4.78 is 5.24. The van der Waals surface area contributed by atoms with E-state index in [1.54, 1.807) is 7.05 Å². The number of nitrogens with zero attached hydrogens (tertiary/aromatic N) is 1. The summed E-state index contributed by atoms with van der Waals surface area (Å²) in [6.45, 7) is 5.46. The van der Waals surface area contributed by atoms with Crippen LogP contribution in [0.4, 0.5) is 0 Å². The van der Waals surface area contributed by atoms with Gasteiger partial charge in [-0.3, -0.25) is 9.79 Å². The number of aliphatic imine (C=N–C) groups is 1. The van der Waals surface area contributed by atoms with E-state index in [4.69, 9.17) is 4.74 Å². The molecule has 0 spiro atoms. The smallest absolute Gasteiger partial charge is 0.261 e. The zero-order chi connectivity index (χ0) is 15.3. The third-order valence-electron chi connectivity index (χ3n) is 2.64. The molecule has 1 heterocycles. The number of hydrogen-bond acceptors (Lipinski definition) is 4. The molecule has 1 aromatic heterocycles. The minimum absolute atomic E-state index is 0.00998. The predicted octanol–water partition coefficient (Wildman–Crippen LogP) is 1.07. The molecule has 118 valence electrons. The SMILES string of the molecule is CCOCCNC(=NC)NCCCNC(=O)c1cccs1. The topological polar surface area (TPSA) is 74.8 Å². The Hall–Kier alpha value is -1.60. The van der Waals surface area contributed by atoms with Crippen LogP contribution in [-0.2, 0) is 4.74 Å². The summed E-state index contributed by atoms with van der Waals surface area (Å²) in [5.74, 6) is 0.739. The first kappa shape index (κ1) is 17.5. The Morgan fingerprint density at radius 1 is 1.29 bits per heavy atom. The predicted molar refractivity (Wildman–Crippen MR) is 87.1 cm³/mol. The fourth-order valence-electron chi connectivity index (χ4n) is 1.60. The van der Waals surface area contributed by atoms with Crippen LogP contribution in [0, 0.1) is 0 Å². The summed E-state index contributed by atoms with van der Waals surface area (Å²) >= 11 is 1.45. The molecule has 0 bridgehead atoms. The summed E-state index contributed by atoms with van der Waals surface area (Å²) in [5, 5.41) is 11.1. The number of thiophene rings is 1. The van der Waals surface area contributed by atoms with Crippen molar-refractivity contribution >= 4 is 23.2 Å². The fourth-order valence-corrected chi connectivity index (χ4v) is 2.24. The molecule has 0 saturated heterocycles. The van der Waals surface area contributed by atoms with Crippen molar-refractivity contribution in [2.24, 2.45) is 4.99 Å². The molecule has 0 fully saturated rings. The Balaban J connectivity index is 2.05. The third-order valence-corrected chi connectivity index (χ3v) is 3.51. The molecular formula is C14H24N4O2S. The third kappa shape index (κ3) is 7.67. The first-order valence-electron chi connectivity index (χ1n) is 7.12. The molecule has 6 nitrogen and oxygen atoms in total. The molecule has 1 rings (SSSR count). The summed E-state index contributed by atoms with van der Waals surface area (Å²) in [6.07, 6.45) is 0.837. The summed E-state index contributed by atoms with van der Waals surface area (Å²) in [6, 6.07) is 3.70. The highest BCUT2D eigenvalue weighted by Crippen LogP contribution is 2.07. The van der Waals surface area contributed by atoms with Crippen LogP contribution in [0.1, 0.15) is 23.0 Å².